The summed E-state index contributed by atoms with van der Waals surface area (Å²) in [6.07, 6.45) is 2.62. The van der Waals surface area contributed by atoms with Crippen LogP contribution in [0.3, 0.4) is 0 Å². The van der Waals surface area contributed by atoms with Crippen LogP contribution in [-0.4, -0.2) is 33.4 Å². The van der Waals surface area contributed by atoms with Crippen molar-refractivity contribution in [1.82, 2.24) is 5.32 Å². The van der Waals surface area contributed by atoms with Gasteiger partial charge < -0.3 is 15.0 Å². The third kappa shape index (κ3) is 4.46. The predicted octanol–water partition coefficient (Wildman–Crippen LogP) is 2.80. The Kier molecular flexibility index (Phi) is 5.80. The Morgan fingerprint density at radius 2 is 2.20 bits per heavy atom. The molecular formula is C16H25FN2O. The number of anilines is 1. The van der Waals surface area contributed by atoms with Gasteiger partial charge in [-0.1, -0.05) is 13.0 Å². The number of rotatable bonds is 9. The van der Waals surface area contributed by atoms with E-state index in [0.29, 0.717) is 13.2 Å². The van der Waals surface area contributed by atoms with Crippen molar-refractivity contribution in [3.8, 4) is 0 Å². The molecule has 1 saturated carbocycles. The highest BCUT2D eigenvalue weighted by Crippen LogP contribution is 2.28. The number of nitrogens with one attached hydrogen (secondary N) is 1. The molecule has 1 N–H and O–H groups in total. The van der Waals surface area contributed by atoms with Gasteiger partial charge in [-0.05, 0) is 37.4 Å². The van der Waals surface area contributed by atoms with Crippen molar-refractivity contribution < 1.29 is 9.13 Å². The standard InChI is InChI=1S/C16H25FN2O/c1-3-18-11-14-15(17)5-4-6-16(14)19(2)9-10-20-12-13-7-8-13/h4-6,13,18H,3,7-12H2,1-2H3. The molecule has 0 bridgehead atoms. The minimum atomic E-state index is -0.144. The summed E-state index contributed by atoms with van der Waals surface area (Å²) in [5, 5.41) is 3.19. The van der Waals surface area contributed by atoms with Crippen LogP contribution in [0.25, 0.3) is 0 Å². The first-order valence-electron chi connectivity index (χ1n) is 7.49. The Labute approximate surface area is 121 Å². The van der Waals surface area contributed by atoms with Crippen LogP contribution in [0.2, 0.25) is 0 Å². The van der Waals surface area contributed by atoms with E-state index in [1.54, 1.807) is 6.07 Å². The molecule has 1 fully saturated rings. The minimum Gasteiger partial charge on any atom is -0.379 e. The monoisotopic (exact) mass is 280 g/mol. The summed E-state index contributed by atoms with van der Waals surface area (Å²) in [5.74, 6) is 0.646. The van der Waals surface area contributed by atoms with E-state index >= 15 is 0 Å². The van der Waals surface area contributed by atoms with Gasteiger partial charge in [-0.25, -0.2) is 4.39 Å². The van der Waals surface area contributed by atoms with Crippen molar-refractivity contribution >= 4 is 5.69 Å². The Hall–Kier alpha value is -1.13. The fourth-order valence-electron chi connectivity index (χ4n) is 2.19. The lowest BCUT2D eigenvalue weighted by atomic mass is 10.1. The van der Waals surface area contributed by atoms with Crippen LogP contribution in [0.4, 0.5) is 10.1 Å². The van der Waals surface area contributed by atoms with Gasteiger partial charge in [0, 0.05) is 38.0 Å². The van der Waals surface area contributed by atoms with E-state index in [1.807, 2.05) is 20.0 Å². The first-order valence-corrected chi connectivity index (χ1v) is 7.49. The van der Waals surface area contributed by atoms with Gasteiger partial charge in [0.15, 0.2) is 0 Å². The van der Waals surface area contributed by atoms with E-state index in [9.17, 15) is 4.39 Å². The Bertz CT molecular complexity index is 421. The third-order valence-corrected chi connectivity index (χ3v) is 3.68. The van der Waals surface area contributed by atoms with Gasteiger partial charge in [0.05, 0.1) is 6.61 Å². The average molecular weight is 280 g/mol. The number of halogens is 1. The van der Waals surface area contributed by atoms with E-state index < -0.39 is 0 Å². The van der Waals surface area contributed by atoms with Crippen molar-refractivity contribution in [2.24, 2.45) is 5.92 Å². The van der Waals surface area contributed by atoms with Crippen LogP contribution in [0, 0.1) is 11.7 Å². The molecular weight excluding hydrogens is 255 g/mol. The molecule has 0 amide bonds. The molecule has 4 heteroatoms. The molecule has 0 saturated heterocycles. The number of hydrogen-bond acceptors (Lipinski definition) is 3. The molecule has 0 aromatic heterocycles. The molecule has 2 rings (SSSR count). The van der Waals surface area contributed by atoms with Gasteiger partial charge in [0.25, 0.3) is 0 Å². The molecule has 0 radical (unpaired) electrons. The molecule has 3 nitrogen and oxygen atoms in total. The highest BCUT2D eigenvalue weighted by Gasteiger charge is 2.21. The maximum Gasteiger partial charge on any atom is 0.129 e. The first-order chi connectivity index (χ1) is 9.72. The fraction of sp³-hybridized carbons (Fsp3) is 0.625. The zero-order chi connectivity index (χ0) is 14.4. The summed E-state index contributed by atoms with van der Waals surface area (Å²) in [4.78, 5) is 2.07. The molecule has 0 spiro atoms. The van der Waals surface area contributed by atoms with Crippen molar-refractivity contribution in [3.05, 3.63) is 29.6 Å². The van der Waals surface area contributed by atoms with Crippen molar-refractivity contribution in [2.75, 3.05) is 38.3 Å². The van der Waals surface area contributed by atoms with E-state index in [1.165, 1.54) is 18.9 Å². The number of hydrogen-bond donors (Lipinski definition) is 1. The third-order valence-electron chi connectivity index (χ3n) is 3.68. The van der Waals surface area contributed by atoms with Gasteiger partial charge in [-0.15, -0.1) is 0 Å². The van der Waals surface area contributed by atoms with Crippen molar-refractivity contribution in [1.29, 1.82) is 0 Å². The Morgan fingerprint density at radius 1 is 1.40 bits per heavy atom. The lowest BCUT2D eigenvalue weighted by Crippen LogP contribution is -2.25. The summed E-state index contributed by atoms with van der Waals surface area (Å²) < 4.78 is 19.6. The van der Waals surface area contributed by atoms with Gasteiger partial charge in [-0.2, -0.15) is 0 Å². The molecule has 112 valence electrons. The summed E-state index contributed by atoms with van der Waals surface area (Å²) in [7, 11) is 1.99. The van der Waals surface area contributed by atoms with E-state index in [2.05, 4.69) is 10.2 Å². The molecule has 0 unspecified atom stereocenters. The lowest BCUT2D eigenvalue weighted by Gasteiger charge is -2.23. The number of nitrogens with zero attached hydrogens (tertiary/aromatic N) is 1. The average Bonchev–Trinajstić information content (AvgIpc) is 3.26. The second-order valence-corrected chi connectivity index (χ2v) is 5.46. The summed E-state index contributed by atoms with van der Waals surface area (Å²) in [6, 6.07) is 5.26. The van der Waals surface area contributed by atoms with Crippen LogP contribution < -0.4 is 10.2 Å². The molecule has 1 aliphatic rings. The van der Waals surface area contributed by atoms with Crippen LogP contribution >= 0.6 is 0 Å². The second kappa shape index (κ2) is 7.60. The van der Waals surface area contributed by atoms with Gasteiger partial charge in [0.2, 0.25) is 0 Å². The summed E-state index contributed by atoms with van der Waals surface area (Å²) in [6.45, 7) is 5.78. The largest absolute Gasteiger partial charge is 0.379 e. The number of benzene rings is 1. The second-order valence-electron chi connectivity index (χ2n) is 5.46. The molecule has 1 aromatic rings. The Balaban J connectivity index is 1.89. The van der Waals surface area contributed by atoms with Crippen LogP contribution in [0.15, 0.2) is 18.2 Å². The topological polar surface area (TPSA) is 24.5 Å². The maximum absolute atomic E-state index is 13.9. The van der Waals surface area contributed by atoms with Gasteiger partial charge >= 0.3 is 0 Å². The summed E-state index contributed by atoms with van der Waals surface area (Å²) >= 11 is 0. The fourth-order valence-corrected chi connectivity index (χ4v) is 2.19. The highest BCUT2D eigenvalue weighted by atomic mass is 19.1. The van der Waals surface area contributed by atoms with E-state index in [0.717, 1.165) is 36.9 Å². The predicted molar refractivity (Wildman–Crippen MR) is 80.6 cm³/mol. The van der Waals surface area contributed by atoms with Gasteiger partial charge in [0.1, 0.15) is 5.82 Å². The molecule has 0 aliphatic heterocycles. The minimum absolute atomic E-state index is 0.144. The van der Waals surface area contributed by atoms with Crippen molar-refractivity contribution in [2.45, 2.75) is 26.3 Å². The molecule has 0 atom stereocenters. The molecule has 1 aromatic carbocycles. The number of likely N-dealkylation sites (N-methyl/N-ethyl adjacent to an activating group) is 1. The van der Waals surface area contributed by atoms with E-state index in [-0.39, 0.29) is 5.82 Å². The van der Waals surface area contributed by atoms with Crippen LogP contribution in [-0.2, 0) is 11.3 Å². The maximum atomic E-state index is 13.9. The van der Waals surface area contributed by atoms with Crippen LogP contribution in [0.1, 0.15) is 25.3 Å². The van der Waals surface area contributed by atoms with Gasteiger partial charge in [-0.3, -0.25) is 0 Å². The highest BCUT2D eigenvalue weighted by molar-refractivity contribution is 5.53. The van der Waals surface area contributed by atoms with E-state index in [4.69, 9.17) is 4.74 Å². The SMILES string of the molecule is CCNCc1c(F)cccc1N(C)CCOCC1CC1. The Morgan fingerprint density at radius 3 is 2.90 bits per heavy atom. The number of ether oxygens (including phenoxy) is 1. The first kappa shape index (κ1) is 15.3. The smallest absolute Gasteiger partial charge is 0.129 e. The zero-order valence-electron chi connectivity index (χ0n) is 12.5. The quantitative estimate of drug-likeness (QED) is 0.704. The molecule has 0 heterocycles. The molecule has 20 heavy (non-hydrogen) atoms. The normalized spacial score (nSPS) is 14.6. The lowest BCUT2D eigenvalue weighted by molar-refractivity contribution is 0.131. The summed E-state index contributed by atoms with van der Waals surface area (Å²) in [5.41, 5.74) is 1.68. The molecule has 1 aliphatic carbocycles. The van der Waals surface area contributed by atoms with Crippen molar-refractivity contribution in [3.63, 3.8) is 0 Å². The zero-order valence-corrected chi connectivity index (χ0v) is 12.5. The van der Waals surface area contributed by atoms with Crippen LogP contribution in [0.5, 0.6) is 0 Å².